The highest BCUT2D eigenvalue weighted by molar-refractivity contribution is 8.01. The van der Waals surface area contributed by atoms with Crippen LogP contribution in [-0.2, 0) is 28.6 Å². The van der Waals surface area contributed by atoms with E-state index in [0.29, 0.717) is 58.0 Å². The average molecular weight is 644 g/mol. The van der Waals surface area contributed by atoms with Crippen molar-refractivity contribution in [3.05, 3.63) is 42.0 Å². The van der Waals surface area contributed by atoms with Crippen molar-refractivity contribution in [1.82, 2.24) is 14.9 Å². The minimum atomic E-state index is -2.38. The summed E-state index contributed by atoms with van der Waals surface area (Å²) >= 11 is 1.18. The summed E-state index contributed by atoms with van der Waals surface area (Å²) in [4.78, 5) is 42.9. The number of rotatable bonds is 11. The molecule has 5 rings (SSSR count). The summed E-state index contributed by atoms with van der Waals surface area (Å²) in [7, 11) is -0.742. The molecule has 2 atom stereocenters. The number of hydrogen-bond donors (Lipinski definition) is 1. The number of amides is 2. The van der Waals surface area contributed by atoms with Crippen molar-refractivity contribution < 1.29 is 32.8 Å². The molecule has 12 nitrogen and oxygen atoms in total. The molecule has 2 aliphatic rings. The smallest absolute Gasteiger partial charge is 0.410 e. The predicted octanol–water partition coefficient (Wildman–Crippen LogP) is 4.32. The highest BCUT2D eigenvalue weighted by Gasteiger charge is 2.32. The maximum absolute atomic E-state index is 13.5. The molecule has 44 heavy (non-hydrogen) atoms. The van der Waals surface area contributed by atoms with E-state index in [-0.39, 0.29) is 23.7 Å². The number of hydrogen-bond acceptors (Lipinski definition) is 11. The zero-order valence-electron chi connectivity index (χ0n) is 25.2. The number of nitrogens with zero attached hydrogens (tertiary/aromatic N) is 4. The number of oxime groups is 1. The van der Waals surface area contributed by atoms with Gasteiger partial charge in [-0.1, -0.05) is 28.6 Å². The Morgan fingerprint density at radius 3 is 2.57 bits per heavy atom. The lowest BCUT2D eigenvalue weighted by Crippen LogP contribution is -2.36. The molecule has 3 heterocycles. The molecule has 2 amide bonds. The Morgan fingerprint density at radius 2 is 1.91 bits per heavy atom. The monoisotopic (exact) mass is 643 g/mol. The van der Waals surface area contributed by atoms with E-state index >= 15 is 0 Å². The lowest BCUT2D eigenvalue weighted by Gasteiger charge is -2.24. The van der Waals surface area contributed by atoms with Gasteiger partial charge in [0, 0.05) is 35.2 Å². The largest absolute Gasteiger partial charge is 0.476 e. The molecule has 1 saturated carbocycles. The van der Waals surface area contributed by atoms with Crippen LogP contribution in [0.5, 0.6) is 5.88 Å². The van der Waals surface area contributed by atoms with Crippen LogP contribution in [0.15, 0.2) is 46.4 Å². The number of carbonyl (C=O) groups is 2. The third-order valence-corrected chi connectivity index (χ3v) is 10.3. The van der Waals surface area contributed by atoms with Crippen molar-refractivity contribution in [2.24, 2.45) is 5.16 Å². The van der Waals surface area contributed by atoms with Gasteiger partial charge in [0.25, 0.3) is 5.91 Å². The van der Waals surface area contributed by atoms with Gasteiger partial charge in [0.15, 0.2) is 16.9 Å². The number of likely N-dealkylation sites (N-methyl/N-ethyl adjacent to an activating group) is 1. The molecule has 0 spiro atoms. The van der Waals surface area contributed by atoms with Gasteiger partial charge in [0.05, 0.1) is 19.8 Å². The molecule has 0 radical (unpaired) electrons. The fourth-order valence-electron chi connectivity index (χ4n) is 4.24. The summed E-state index contributed by atoms with van der Waals surface area (Å²) in [6.07, 6.45) is 1.81. The summed E-state index contributed by atoms with van der Waals surface area (Å²) in [6, 6.07) is 10.3. The summed E-state index contributed by atoms with van der Waals surface area (Å²) in [5.74, 6) is 3.80. The Balaban J connectivity index is 1.26. The first-order valence-corrected chi connectivity index (χ1v) is 16.9. The van der Waals surface area contributed by atoms with E-state index in [2.05, 4.69) is 26.3 Å². The standard InChI is InChI=1S/C30H37N5O7S2/c1-30(2,3)41-29(37)35(4)15-17-40-24-13-12-23-27(32-24)43-28(31-23)33-26(36)25(34-42-20-14-16-39-18-20)19-6-8-21(9-7-19)44(5,38)22-10-11-22/h6-9,12-13,20,22H,5,10-11,14-18H2,1-4H3,(H,31,33,36)/b34-25+/t20-,44?/m1/s1. The maximum Gasteiger partial charge on any atom is 0.410 e. The van der Waals surface area contributed by atoms with Crippen molar-refractivity contribution in [3.8, 4) is 5.88 Å². The Hall–Kier alpha value is -3.75. The molecule has 1 N–H and O–H groups in total. The number of fused-ring (bicyclic) bond motifs is 1. The van der Waals surface area contributed by atoms with E-state index in [1.54, 1.807) is 43.4 Å². The summed E-state index contributed by atoms with van der Waals surface area (Å²) < 4.78 is 29.5. The first-order valence-electron chi connectivity index (χ1n) is 14.3. The molecule has 1 aliphatic carbocycles. The first kappa shape index (κ1) is 31.7. The third kappa shape index (κ3) is 8.04. The van der Waals surface area contributed by atoms with Crippen LogP contribution >= 0.6 is 11.3 Å². The molecule has 0 bridgehead atoms. The van der Waals surface area contributed by atoms with Gasteiger partial charge in [-0.05, 0) is 67.2 Å². The van der Waals surface area contributed by atoms with E-state index < -0.39 is 27.1 Å². The SMILES string of the molecule is C=S(=O)(c1ccc(/C(=N\O[C@@H]2CCOC2)C(=O)Nc2nc3ccc(OCCN(C)C(=O)OC(C)(C)C)nc3s2)cc1)C1CC1. The van der Waals surface area contributed by atoms with Gasteiger partial charge in [0.2, 0.25) is 5.88 Å². The topological polar surface area (TPSA) is 142 Å². The van der Waals surface area contributed by atoms with Gasteiger partial charge >= 0.3 is 6.09 Å². The van der Waals surface area contributed by atoms with Crippen LogP contribution in [0.4, 0.5) is 9.93 Å². The number of nitrogens with one attached hydrogen (secondary N) is 1. The number of ether oxygens (including phenoxy) is 3. The molecule has 1 unspecified atom stereocenters. The second-order valence-electron chi connectivity index (χ2n) is 11.7. The number of thiazole rings is 1. The summed E-state index contributed by atoms with van der Waals surface area (Å²) in [5.41, 5.74) is 0.551. The fourth-order valence-corrected chi connectivity index (χ4v) is 6.95. The van der Waals surface area contributed by atoms with Gasteiger partial charge in [-0.2, -0.15) is 0 Å². The van der Waals surface area contributed by atoms with Gasteiger partial charge in [-0.25, -0.2) is 14.8 Å². The Bertz CT molecular complexity index is 1640. The zero-order chi connectivity index (χ0) is 31.5. The van der Waals surface area contributed by atoms with Crippen LogP contribution in [0.25, 0.3) is 10.3 Å². The number of aromatic nitrogens is 2. The second-order valence-corrected chi connectivity index (χ2v) is 15.2. The summed E-state index contributed by atoms with van der Waals surface area (Å²) in [5, 5.41) is 7.43. The number of pyridine rings is 1. The number of benzene rings is 1. The molecular formula is C30H37N5O7S2. The van der Waals surface area contributed by atoms with E-state index in [4.69, 9.17) is 19.0 Å². The van der Waals surface area contributed by atoms with Crippen LogP contribution in [0.2, 0.25) is 0 Å². The van der Waals surface area contributed by atoms with E-state index in [9.17, 15) is 13.8 Å². The lowest BCUT2D eigenvalue weighted by molar-refractivity contribution is -0.110. The van der Waals surface area contributed by atoms with Crippen LogP contribution in [0, 0.1) is 0 Å². The first-order chi connectivity index (χ1) is 20.9. The average Bonchev–Trinajstić information content (AvgIpc) is 3.57. The maximum atomic E-state index is 13.5. The molecule has 3 aromatic rings. The molecule has 2 fully saturated rings. The van der Waals surface area contributed by atoms with Crippen LogP contribution in [0.1, 0.15) is 45.6 Å². The minimum Gasteiger partial charge on any atom is -0.476 e. The fraction of sp³-hybridized carbons (Fsp3) is 0.467. The Labute approximate surface area is 260 Å². The number of anilines is 1. The van der Waals surface area contributed by atoms with Gasteiger partial charge in [-0.3, -0.25) is 14.3 Å². The van der Waals surface area contributed by atoms with Crippen molar-refractivity contribution in [1.29, 1.82) is 0 Å². The zero-order valence-corrected chi connectivity index (χ0v) is 26.9. The van der Waals surface area contributed by atoms with E-state index in [1.165, 1.54) is 16.2 Å². The molecule has 236 valence electrons. The van der Waals surface area contributed by atoms with Gasteiger partial charge < -0.3 is 23.9 Å². The van der Waals surface area contributed by atoms with Crippen LogP contribution < -0.4 is 10.1 Å². The van der Waals surface area contributed by atoms with Gasteiger partial charge in [-0.15, -0.1) is 0 Å². The van der Waals surface area contributed by atoms with E-state index in [1.807, 2.05) is 20.8 Å². The Morgan fingerprint density at radius 1 is 1.16 bits per heavy atom. The van der Waals surface area contributed by atoms with Crippen LogP contribution in [0.3, 0.4) is 0 Å². The van der Waals surface area contributed by atoms with Crippen molar-refractivity contribution in [2.45, 2.75) is 61.9 Å². The highest BCUT2D eigenvalue weighted by Crippen LogP contribution is 2.33. The second kappa shape index (κ2) is 13.1. The third-order valence-electron chi connectivity index (χ3n) is 6.82. The minimum absolute atomic E-state index is 0.0516. The molecule has 1 saturated heterocycles. The Kier molecular flexibility index (Phi) is 9.42. The van der Waals surface area contributed by atoms with Crippen molar-refractivity contribution in [3.63, 3.8) is 0 Å². The van der Waals surface area contributed by atoms with Crippen LogP contribution in [-0.4, -0.2) is 93.0 Å². The summed E-state index contributed by atoms with van der Waals surface area (Å²) in [6.45, 7) is 6.91. The normalized spacial score (nSPS) is 18.5. The molecule has 2 aromatic heterocycles. The van der Waals surface area contributed by atoms with Crippen molar-refractivity contribution in [2.75, 3.05) is 38.7 Å². The molecule has 14 heteroatoms. The quantitative estimate of drug-likeness (QED) is 0.184. The lowest BCUT2D eigenvalue weighted by atomic mass is 10.1. The highest BCUT2D eigenvalue weighted by atomic mass is 32.2. The molecule has 1 aliphatic heterocycles. The van der Waals surface area contributed by atoms with Crippen molar-refractivity contribution >= 4 is 59.9 Å². The predicted molar refractivity (Wildman–Crippen MR) is 170 cm³/mol. The van der Waals surface area contributed by atoms with Gasteiger partial charge in [0.1, 0.15) is 22.6 Å². The molecule has 1 aromatic carbocycles. The molecular weight excluding hydrogens is 606 g/mol. The number of carbonyl (C=O) groups excluding carboxylic acids is 2. The van der Waals surface area contributed by atoms with E-state index in [0.717, 1.165) is 12.8 Å².